The molecule has 8 nitrogen and oxygen atoms in total. The number of allylic oxidation sites excluding steroid dienone is 1. The minimum absolute atomic E-state index is 0.0189. The number of aromatic nitrogens is 2. The van der Waals surface area contributed by atoms with Gasteiger partial charge >= 0.3 is 12.8 Å². The average Bonchev–Trinajstić information content (AvgIpc) is 2.82. The molecule has 2 unspecified atom stereocenters. The number of amides is 1. The first-order chi connectivity index (χ1) is 17.3. The molecule has 14 heteroatoms. The van der Waals surface area contributed by atoms with Crippen molar-refractivity contribution in [2.45, 2.75) is 39.6 Å². The summed E-state index contributed by atoms with van der Waals surface area (Å²) >= 11 is 5.88. The summed E-state index contributed by atoms with van der Waals surface area (Å²) in [6.45, 7) is -0.206. The van der Waals surface area contributed by atoms with Crippen LogP contribution in [0.3, 0.4) is 0 Å². The van der Waals surface area contributed by atoms with Gasteiger partial charge in [0.2, 0.25) is 5.75 Å². The Bertz CT molecular complexity index is 1260. The summed E-state index contributed by atoms with van der Waals surface area (Å²) in [5, 5.41) is 11.2. The molecule has 2 rings (SSSR count). The van der Waals surface area contributed by atoms with Crippen LogP contribution >= 0.6 is 11.6 Å². The highest BCUT2D eigenvalue weighted by molar-refractivity contribution is 6.30. The predicted molar refractivity (Wildman–Crippen MR) is 122 cm³/mol. The van der Waals surface area contributed by atoms with Crippen LogP contribution in [-0.4, -0.2) is 29.1 Å². The molecule has 0 spiro atoms. The predicted octanol–water partition coefficient (Wildman–Crippen LogP) is 5.11. The molecule has 1 heterocycles. The second kappa shape index (κ2) is 12.5. The van der Waals surface area contributed by atoms with Gasteiger partial charge in [-0.3, -0.25) is 14.2 Å². The average molecular weight is 549 g/mol. The molecule has 0 aliphatic carbocycles. The van der Waals surface area contributed by atoms with Gasteiger partial charge in [0.25, 0.3) is 11.5 Å². The number of likely N-dealkylation sites (N-methyl/N-ethyl adjacent to an activating group) is 1. The fourth-order valence-corrected chi connectivity index (χ4v) is 3.43. The third kappa shape index (κ3) is 7.91. The standard InChI is InChI=1S/C23H22ClF5N4O4/c1-4-12(2)14(7-17(20(34)31-3)37-22(25)26)10-33-11-32-19(23(27,28)29)18(21(33)35)36-16-6-13(9-30)5-15(24)8-16/h5-8,11-12,14,22H,4,10H2,1-3H3,(H,31,34). The minimum atomic E-state index is -5.07. The Labute approximate surface area is 213 Å². The van der Waals surface area contributed by atoms with Crippen LogP contribution in [0.5, 0.6) is 11.5 Å². The Hall–Kier alpha value is -3.66. The summed E-state index contributed by atoms with van der Waals surface area (Å²) in [6, 6.07) is 5.21. The van der Waals surface area contributed by atoms with Gasteiger partial charge in [-0.15, -0.1) is 0 Å². The summed E-state index contributed by atoms with van der Waals surface area (Å²) in [5.41, 5.74) is -2.88. The first-order valence-electron chi connectivity index (χ1n) is 10.7. The SMILES string of the molecule is CCC(C)C(C=C(OC(F)F)C(=O)NC)Cn1cnc(C(F)(F)F)c(Oc2cc(Cl)cc(C#N)c2)c1=O. The molecule has 0 bridgehead atoms. The number of carbonyl (C=O) groups excluding carboxylic acids is 1. The van der Waals surface area contributed by atoms with E-state index in [1.54, 1.807) is 19.9 Å². The van der Waals surface area contributed by atoms with Crippen LogP contribution in [0.4, 0.5) is 22.0 Å². The van der Waals surface area contributed by atoms with Crippen molar-refractivity contribution in [3.8, 4) is 17.6 Å². The molecular weight excluding hydrogens is 527 g/mol. The highest BCUT2D eigenvalue weighted by Crippen LogP contribution is 2.35. The maximum absolute atomic E-state index is 13.6. The van der Waals surface area contributed by atoms with Crippen LogP contribution in [0.25, 0.3) is 0 Å². The quantitative estimate of drug-likeness (QED) is 0.251. The second-order valence-electron chi connectivity index (χ2n) is 7.80. The number of benzene rings is 1. The summed E-state index contributed by atoms with van der Waals surface area (Å²) in [5.74, 6) is -4.29. The van der Waals surface area contributed by atoms with Crippen molar-refractivity contribution in [2.75, 3.05) is 7.05 Å². The Kier molecular flexibility index (Phi) is 10.0. The second-order valence-corrected chi connectivity index (χ2v) is 8.24. The molecule has 2 aromatic rings. The van der Waals surface area contributed by atoms with Crippen molar-refractivity contribution in [1.82, 2.24) is 14.9 Å². The monoisotopic (exact) mass is 548 g/mol. The largest absolute Gasteiger partial charge is 0.449 e. The maximum Gasteiger partial charge on any atom is 0.437 e. The summed E-state index contributed by atoms with van der Waals surface area (Å²) in [4.78, 5) is 28.5. The molecule has 1 amide bonds. The van der Waals surface area contributed by atoms with Crippen LogP contribution in [0.15, 0.2) is 41.2 Å². The molecule has 0 aliphatic rings. The van der Waals surface area contributed by atoms with Crippen LogP contribution in [0.2, 0.25) is 5.02 Å². The van der Waals surface area contributed by atoms with Gasteiger partial charge in [0.05, 0.1) is 18.0 Å². The Morgan fingerprint density at radius 3 is 2.54 bits per heavy atom. The molecule has 1 aromatic heterocycles. The number of carbonyl (C=O) groups is 1. The fourth-order valence-electron chi connectivity index (χ4n) is 3.21. The summed E-state index contributed by atoms with van der Waals surface area (Å²) in [7, 11) is 1.20. The summed E-state index contributed by atoms with van der Waals surface area (Å²) in [6.07, 6.45) is -2.88. The van der Waals surface area contributed by atoms with Crippen molar-refractivity contribution < 1.29 is 36.2 Å². The van der Waals surface area contributed by atoms with E-state index >= 15 is 0 Å². The van der Waals surface area contributed by atoms with Gasteiger partial charge in [-0.2, -0.15) is 27.2 Å². The molecule has 2 atom stereocenters. The van der Waals surface area contributed by atoms with Crippen LogP contribution < -0.4 is 15.6 Å². The molecule has 1 N–H and O–H groups in total. The number of hydrogen-bond donors (Lipinski definition) is 1. The third-order valence-corrected chi connectivity index (χ3v) is 5.52. The van der Waals surface area contributed by atoms with E-state index in [4.69, 9.17) is 21.6 Å². The molecule has 0 saturated carbocycles. The Balaban J connectivity index is 2.62. The highest BCUT2D eigenvalue weighted by atomic mass is 35.5. The van der Waals surface area contributed by atoms with Gasteiger partial charge in [0, 0.05) is 24.5 Å². The molecule has 0 saturated heterocycles. The van der Waals surface area contributed by atoms with Crippen molar-refractivity contribution in [3.05, 3.63) is 63.0 Å². The highest BCUT2D eigenvalue weighted by Gasteiger charge is 2.39. The fraction of sp³-hybridized carbons (Fsp3) is 0.391. The van der Waals surface area contributed by atoms with E-state index in [1.807, 2.05) is 0 Å². The van der Waals surface area contributed by atoms with Crippen LogP contribution in [0, 0.1) is 23.2 Å². The van der Waals surface area contributed by atoms with Gasteiger partial charge < -0.3 is 14.8 Å². The lowest BCUT2D eigenvalue weighted by Gasteiger charge is -2.23. The van der Waals surface area contributed by atoms with Gasteiger partial charge in [0.1, 0.15) is 5.75 Å². The lowest BCUT2D eigenvalue weighted by molar-refractivity contribution is -0.142. The van der Waals surface area contributed by atoms with E-state index in [1.165, 1.54) is 13.1 Å². The van der Waals surface area contributed by atoms with Gasteiger partial charge in [-0.25, -0.2) is 4.98 Å². The zero-order chi connectivity index (χ0) is 27.9. The number of alkyl halides is 5. The topological polar surface area (TPSA) is 106 Å². The molecule has 200 valence electrons. The first kappa shape index (κ1) is 29.6. The number of halogens is 6. The first-order valence-corrected chi connectivity index (χ1v) is 11.1. The zero-order valence-corrected chi connectivity index (χ0v) is 20.5. The Morgan fingerprint density at radius 1 is 1.32 bits per heavy atom. The molecule has 1 aromatic carbocycles. The van der Waals surface area contributed by atoms with E-state index < -0.39 is 47.4 Å². The van der Waals surface area contributed by atoms with Gasteiger partial charge in [0.15, 0.2) is 11.5 Å². The molecule has 0 radical (unpaired) electrons. The van der Waals surface area contributed by atoms with E-state index in [2.05, 4.69) is 15.0 Å². The van der Waals surface area contributed by atoms with Gasteiger partial charge in [-0.1, -0.05) is 31.9 Å². The lowest BCUT2D eigenvalue weighted by atomic mass is 9.90. The van der Waals surface area contributed by atoms with Crippen molar-refractivity contribution in [3.63, 3.8) is 0 Å². The Morgan fingerprint density at radius 2 is 2.00 bits per heavy atom. The number of nitrogens with one attached hydrogen (secondary N) is 1. The normalized spacial score (nSPS) is 13.6. The van der Waals surface area contributed by atoms with Gasteiger partial charge in [-0.05, 0) is 30.2 Å². The van der Waals surface area contributed by atoms with Crippen molar-refractivity contribution in [2.24, 2.45) is 11.8 Å². The summed E-state index contributed by atoms with van der Waals surface area (Å²) < 4.78 is 77.0. The maximum atomic E-state index is 13.6. The zero-order valence-electron chi connectivity index (χ0n) is 19.8. The van der Waals surface area contributed by atoms with E-state index in [9.17, 15) is 31.5 Å². The van der Waals surface area contributed by atoms with Crippen LogP contribution in [-0.2, 0) is 22.3 Å². The number of rotatable bonds is 10. The molecule has 0 fully saturated rings. The minimum Gasteiger partial charge on any atom is -0.449 e. The van der Waals surface area contributed by atoms with Crippen molar-refractivity contribution >= 4 is 17.5 Å². The van der Waals surface area contributed by atoms with E-state index in [0.717, 1.165) is 22.8 Å². The number of hydrogen-bond acceptors (Lipinski definition) is 6. The number of nitrogens with zero attached hydrogens (tertiary/aromatic N) is 3. The van der Waals surface area contributed by atoms with E-state index in [-0.39, 0.29) is 28.8 Å². The number of ether oxygens (including phenoxy) is 2. The van der Waals surface area contributed by atoms with E-state index in [0.29, 0.717) is 12.7 Å². The lowest BCUT2D eigenvalue weighted by Crippen LogP contribution is -2.30. The smallest absolute Gasteiger partial charge is 0.437 e. The number of nitriles is 1. The molecule has 37 heavy (non-hydrogen) atoms. The molecular formula is C23H22ClF5N4O4. The van der Waals surface area contributed by atoms with Crippen LogP contribution in [0.1, 0.15) is 31.5 Å². The molecule has 0 aliphatic heterocycles. The van der Waals surface area contributed by atoms with Crippen molar-refractivity contribution in [1.29, 1.82) is 5.26 Å². The third-order valence-electron chi connectivity index (χ3n) is 5.30.